The normalized spacial score (nSPS) is 20.5. The number of nitrogens with two attached hydrogens (primary N) is 1. The average molecular weight is 1180 g/mol. The van der Waals surface area contributed by atoms with E-state index in [1.165, 1.54) is 24.4 Å². The van der Waals surface area contributed by atoms with Crippen LogP contribution in [0.3, 0.4) is 0 Å². The number of aliphatic imine (C=N–C) groups is 1. The third kappa shape index (κ3) is 15.6. The lowest BCUT2D eigenvalue weighted by molar-refractivity contribution is -0.231. The van der Waals surface area contributed by atoms with E-state index in [1.54, 1.807) is 18.3 Å². The first-order valence-electron chi connectivity index (χ1n) is 26.9. The number of alkyl carbamates (subject to hydrolysis) is 1. The lowest BCUT2D eigenvalue weighted by Gasteiger charge is -2.47. The first-order chi connectivity index (χ1) is 39.1. The summed E-state index contributed by atoms with van der Waals surface area (Å²) in [4.78, 5) is 67.1. The maximum Gasteiger partial charge on any atom is 0.407 e. The smallest absolute Gasteiger partial charge is 0.407 e. The highest BCUT2D eigenvalue weighted by Crippen LogP contribution is 2.46. The Morgan fingerprint density at radius 3 is 2.01 bits per heavy atom. The average Bonchev–Trinajstić information content (AvgIpc) is 4.28. The van der Waals surface area contributed by atoms with Crippen LogP contribution in [0.1, 0.15) is 81.2 Å². The molecule has 3 aromatic rings. The lowest BCUT2D eigenvalue weighted by atomic mass is 9.75. The van der Waals surface area contributed by atoms with Crippen LogP contribution in [0.5, 0.6) is 0 Å². The summed E-state index contributed by atoms with van der Waals surface area (Å²) in [6, 6.07) is 8.67. The van der Waals surface area contributed by atoms with Gasteiger partial charge in [-0.3, -0.25) is 29.7 Å². The third-order valence-corrected chi connectivity index (χ3v) is 15.8. The SMILES string of the molecule is COC(=O)C[C@H](C(=O)NN(Cc1c(F)cc(C(N)=CC=N[C@@H]2CCOC2)cc1F)C[C@H](O)[C@H](Cc1ccc(C#Cc2ccc(N3CC4CCC(C3)N4C3COC3)nc2)cc1)NC(=O)[C@@H](NC(=O)OC)C(C)(C)C(F)(F)F)C(C)(C)C(F)(F)F. The molecule has 4 aliphatic rings. The molecule has 0 saturated carbocycles. The number of piperazine rings is 1. The van der Waals surface area contributed by atoms with Crippen molar-refractivity contribution in [2.45, 2.75) is 121 Å². The predicted octanol–water partition coefficient (Wildman–Crippen LogP) is 5.97. The summed E-state index contributed by atoms with van der Waals surface area (Å²) in [5.41, 5.74) is 2.63. The van der Waals surface area contributed by atoms with Crippen LogP contribution in [-0.2, 0) is 46.3 Å². The summed E-state index contributed by atoms with van der Waals surface area (Å²) in [5, 5.41) is 17.0. The van der Waals surface area contributed by atoms with Crippen molar-refractivity contribution in [1.82, 2.24) is 31.0 Å². The number of esters is 1. The molecule has 6 N–H and O–H groups in total. The van der Waals surface area contributed by atoms with Crippen LogP contribution >= 0.6 is 0 Å². The number of halogens is 8. The van der Waals surface area contributed by atoms with Crippen LogP contribution < -0.4 is 26.7 Å². The molecule has 18 nitrogen and oxygen atoms in total. The highest BCUT2D eigenvalue weighted by molar-refractivity contribution is 5.87. The van der Waals surface area contributed by atoms with E-state index >= 15 is 8.78 Å². The molecule has 3 amide bonds. The molecule has 83 heavy (non-hydrogen) atoms. The van der Waals surface area contributed by atoms with Crippen molar-refractivity contribution in [3.8, 4) is 11.8 Å². The van der Waals surface area contributed by atoms with Crippen LogP contribution in [-0.4, -0.2) is 165 Å². The van der Waals surface area contributed by atoms with Gasteiger partial charge in [-0.1, -0.05) is 37.8 Å². The number of ether oxygens (including phenoxy) is 4. The van der Waals surface area contributed by atoms with Crippen molar-refractivity contribution >= 4 is 41.6 Å². The van der Waals surface area contributed by atoms with Gasteiger partial charge in [0.25, 0.3) is 0 Å². The van der Waals surface area contributed by atoms with E-state index in [1.807, 2.05) is 17.4 Å². The molecular formula is C57H69F8N9O9. The number of hydrogen-bond donors (Lipinski definition) is 5. The monoisotopic (exact) mass is 1180 g/mol. The van der Waals surface area contributed by atoms with E-state index in [0.717, 1.165) is 71.3 Å². The summed E-state index contributed by atoms with van der Waals surface area (Å²) >= 11 is 0. The Kier molecular flexibility index (Phi) is 20.5. The van der Waals surface area contributed by atoms with Gasteiger partial charge in [-0.2, -0.15) is 26.3 Å². The molecule has 1 aromatic heterocycles. The summed E-state index contributed by atoms with van der Waals surface area (Å²) in [5.74, 6) is -2.15. The number of carbonyl (C=O) groups is 4. The van der Waals surface area contributed by atoms with Gasteiger partial charge in [0.05, 0.1) is 81.4 Å². The van der Waals surface area contributed by atoms with Crippen molar-refractivity contribution in [1.29, 1.82) is 0 Å². The van der Waals surface area contributed by atoms with Crippen LogP contribution in [0.4, 0.5) is 45.7 Å². The number of aromatic nitrogens is 1. The highest BCUT2D eigenvalue weighted by atomic mass is 19.4. The number of aliphatic hydroxyl groups excluding tert-OH is 1. The minimum absolute atomic E-state index is 0.126. The van der Waals surface area contributed by atoms with Gasteiger partial charge in [0.2, 0.25) is 11.8 Å². The van der Waals surface area contributed by atoms with Gasteiger partial charge in [-0.15, -0.1) is 0 Å². The topological polar surface area (TPSA) is 223 Å². The Bertz CT molecular complexity index is 2870. The fourth-order valence-electron chi connectivity index (χ4n) is 10.3. The number of pyridine rings is 1. The number of nitrogens with one attached hydrogen (secondary N) is 3. The Balaban J connectivity index is 1.17. The summed E-state index contributed by atoms with van der Waals surface area (Å²) in [6.07, 6.45) is -8.18. The van der Waals surface area contributed by atoms with Crippen LogP contribution in [0, 0.1) is 40.2 Å². The van der Waals surface area contributed by atoms with Gasteiger partial charge < -0.3 is 45.3 Å². The van der Waals surface area contributed by atoms with Crippen molar-refractivity contribution < 1.29 is 78.4 Å². The molecule has 4 fully saturated rings. The fourth-order valence-corrected chi connectivity index (χ4v) is 10.3. The molecule has 2 unspecified atom stereocenters. The predicted molar refractivity (Wildman–Crippen MR) is 288 cm³/mol. The standard InChI is InChI=1S/C57H69F8N9O9/c1-54(2,56(60,61)62)42(24-49(76)80-5)51(77)71-73(28-41-43(58)22-36(23-44(41)59)45(66)17-19-67-37-18-20-82-30-37)29-47(75)46(69-52(78)50(70-53(79)81-6)55(3,4)57(63,64)65)21-34-10-7-33(8-11-34)9-12-35-13-16-48(68-25-35)72-26-38-14-15-39(27-72)74(38)40-31-83-32-40/h7-8,10-11,13,16-17,19,22-23,25,37-40,42,46-47,50,75H,14-15,18,20-21,24,26-32,66H2,1-6H3,(H,69,78)(H,70,79)(H,71,77)/t37-,38?,39?,42-,46+,47+,50-/m1/s1. The molecule has 7 rings (SSSR count). The van der Waals surface area contributed by atoms with E-state index in [9.17, 15) is 50.6 Å². The van der Waals surface area contributed by atoms with Gasteiger partial charge in [0.15, 0.2) is 0 Å². The number of hydrazine groups is 1. The number of methoxy groups -OCH3 is 2. The Hall–Kier alpha value is -6.92. The molecule has 26 heteroatoms. The van der Waals surface area contributed by atoms with Crippen LogP contribution in [0.25, 0.3) is 5.70 Å². The maximum atomic E-state index is 16.2. The second-order valence-electron chi connectivity index (χ2n) is 22.2. The summed E-state index contributed by atoms with van der Waals surface area (Å²) in [7, 11) is 1.72. The molecule has 5 heterocycles. The molecule has 0 radical (unpaired) electrons. The van der Waals surface area contributed by atoms with Gasteiger partial charge in [-0.05, 0) is 87.6 Å². The zero-order valence-corrected chi connectivity index (χ0v) is 46.7. The minimum Gasteiger partial charge on any atom is -0.469 e. The van der Waals surface area contributed by atoms with Gasteiger partial charge >= 0.3 is 24.4 Å². The zero-order chi connectivity index (χ0) is 60.6. The van der Waals surface area contributed by atoms with E-state index in [0.29, 0.717) is 87.2 Å². The summed E-state index contributed by atoms with van der Waals surface area (Å²) < 4.78 is 140. The van der Waals surface area contributed by atoms with E-state index in [2.05, 4.69) is 46.8 Å². The zero-order valence-electron chi connectivity index (χ0n) is 46.7. The highest BCUT2D eigenvalue weighted by Gasteiger charge is 2.57. The van der Waals surface area contributed by atoms with E-state index in [4.69, 9.17) is 20.2 Å². The molecular weight excluding hydrogens is 1110 g/mol. The molecule has 2 bridgehead atoms. The molecule has 4 aliphatic heterocycles. The van der Waals surface area contributed by atoms with Gasteiger partial charge in [0.1, 0.15) is 23.5 Å². The minimum atomic E-state index is -5.14. The molecule has 0 aliphatic carbocycles. The quantitative estimate of drug-likeness (QED) is 0.0273. The number of allylic oxidation sites excluding steroid dienone is 1. The summed E-state index contributed by atoms with van der Waals surface area (Å²) in [6.45, 7) is 4.55. The number of carbonyl (C=O) groups excluding carboxylic acids is 4. The largest absolute Gasteiger partial charge is 0.469 e. The number of anilines is 1. The number of nitrogens with zero attached hydrogens (tertiary/aromatic N) is 5. The van der Waals surface area contributed by atoms with Gasteiger partial charge in [-0.25, -0.2) is 23.6 Å². The molecule has 2 aromatic carbocycles. The third-order valence-electron chi connectivity index (χ3n) is 15.8. The molecule has 4 saturated heterocycles. The fraction of sp³-hybridized carbons (Fsp3) is 0.544. The number of hydrogen-bond acceptors (Lipinski definition) is 15. The maximum absolute atomic E-state index is 16.2. The molecule has 452 valence electrons. The Labute approximate surface area is 475 Å². The lowest BCUT2D eigenvalue weighted by Crippen LogP contribution is -2.62. The number of rotatable bonds is 21. The second kappa shape index (κ2) is 26.8. The Morgan fingerprint density at radius 1 is 0.843 bits per heavy atom. The van der Waals surface area contributed by atoms with Crippen molar-refractivity contribution in [3.05, 3.63) is 100 Å². The number of amides is 3. The molecule has 0 spiro atoms. The van der Waals surface area contributed by atoms with E-state index in [-0.39, 0.29) is 17.3 Å². The van der Waals surface area contributed by atoms with Crippen LogP contribution in [0.2, 0.25) is 0 Å². The van der Waals surface area contributed by atoms with Crippen molar-refractivity contribution in [2.24, 2.45) is 27.5 Å². The Morgan fingerprint density at radius 2 is 1.47 bits per heavy atom. The van der Waals surface area contributed by atoms with Gasteiger partial charge in [0, 0.05) is 85.2 Å². The number of aliphatic hydroxyl groups is 1. The van der Waals surface area contributed by atoms with Crippen LogP contribution in [0.15, 0.2) is 65.8 Å². The van der Waals surface area contributed by atoms with Crippen molar-refractivity contribution in [2.75, 3.05) is 65.2 Å². The second-order valence-corrected chi connectivity index (χ2v) is 22.2. The number of alkyl halides is 6. The van der Waals surface area contributed by atoms with Crippen molar-refractivity contribution in [3.63, 3.8) is 0 Å². The van der Waals surface area contributed by atoms with E-state index < -0.39 is 114 Å². The molecule has 7 atom stereocenters. The first kappa shape index (κ1) is 63.7. The number of fused-ring (bicyclic) bond motifs is 2. The number of benzene rings is 2. The first-order valence-corrected chi connectivity index (χ1v) is 26.9.